The van der Waals surface area contributed by atoms with Gasteiger partial charge in [0.15, 0.2) is 0 Å². The number of nitrogens with two attached hydrogens (primary N) is 1. The molecular formula is C13H21N3O2S2. The summed E-state index contributed by atoms with van der Waals surface area (Å²) in [5, 5.41) is 3.91. The van der Waals surface area contributed by atoms with Gasteiger partial charge in [0.25, 0.3) is 0 Å². The van der Waals surface area contributed by atoms with Crippen LogP contribution in [0.15, 0.2) is 23.1 Å². The zero-order chi connectivity index (χ0) is 14.8. The van der Waals surface area contributed by atoms with Gasteiger partial charge in [-0.15, -0.1) is 0 Å². The zero-order valence-electron chi connectivity index (χ0n) is 11.7. The van der Waals surface area contributed by atoms with Crippen molar-refractivity contribution in [3.05, 3.63) is 18.2 Å². The number of benzene rings is 1. The highest BCUT2D eigenvalue weighted by molar-refractivity contribution is 7.99. The first-order valence-electron chi connectivity index (χ1n) is 6.60. The normalized spacial score (nSPS) is 22.9. The van der Waals surface area contributed by atoms with E-state index < -0.39 is 10.0 Å². The number of hydrogen-bond acceptors (Lipinski definition) is 5. The molecule has 5 nitrogen and oxygen atoms in total. The molecule has 2 unspecified atom stereocenters. The van der Waals surface area contributed by atoms with E-state index in [1.807, 2.05) is 11.8 Å². The maximum absolute atomic E-state index is 12.1. The molecule has 0 aromatic heterocycles. The molecule has 20 heavy (non-hydrogen) atoms. The highest BCUT2D eigenvalue weighted by Gasteiger charge is 2.28. The number of thioether (sulfide) groups is 1. The van der Waals surface area contributed by atoms with Gasteiger partial charge in [-0.25, -0.2) is 13.1 Å². The van der Waals surface area contributed by atoms with Crippen molar-refractivity contribution in [3.8, 4) is 0 Å². The second-order valence-electron chi connectivity index (χ2n) is 4.92. The monoisotopic (exact) mass is 315 g/mol. The van der Waals surface area contributed by atoms with Crippen LogP contribution in [0.1, 0.15) is 19.3 Å². The van der Waals surface area contributed by atoms with E-state index in [0.29, 0.717) is 22.7 Å². The molecule has 112 valence electrons. The summed E-state index contributed by atoms with van der Waals surface area (Å²) < 4.78 is 26.5. The molecule has 1 aromatic carbocycles. The van der Waals surface area contributed by atoms with E-state index in [4.69, 9.17) is 5.73 Å². The molecule has 2 atom stereocenters. The lowest BCUT2D eigenvalue weighted by atomic mass is 10.2. The van der Waals surface area contributed by atoms with Gasteiger partial charge in [-0.2, -0.15) is 11.8 Å². The van der Waals surface area contributed by atoms with Crippen molar-refractivity contribution < 1.29 is 8.42 Å². The van der Waals surface area contributed by atoms with Gasteiger partial charge in [0.2, 0.25) is 10.0 Å². The number of hydrogen-bond donors (Lipinski definition) is 3. The number of rotatable bonds is 5. The van der Waals surface area contributed by atoms with Crippen LogP contribution >= 0.6 is 11.8 Å². The van der Waals surface area contributed by atoms with Gasteiger partial charge in [0, 0.05) is 17.0 Å². The minimum Gasteiger partial charge on any atom is -0.399 e. The van der Waals surface area contributed by atoms with Crippen LogP contribution in [0.3, 0.4) is 0 Å². The van der Waals surface area contributed by atoms with Gasteiger partial charge < -0.3 is 11.1 Å². The summed E-state index contributed by atoms with van der Waals surface area (Å²) in [6.45, 7) is 0. The topological polar surface area (TPSA) is 84.2 Å². The van der Waals surface area contributed by atoms with Gasteiger partial charge in [0.05, 0.1) is 5.69 Å². The fourth-order valence-electron chi connectivity index (χ4n) is 2.56. The quantitative estimate of drug-likeness (QED) is 0.723. The second-order valence-corrected chi connectivity index (χ2v) is 7.85. The highest BCUT2D eigenvalue weighted by Crippen LogP contribution is 2.33. The van der Waals surface area contributed by atoms with Crippen molar-refractivity contribution >= 4 is 33.2 Å². The van der Waals surface area contributed by atoms with E-state index in [-0.39, 0.29) is 4.90 Å². The van der Waals surface area contributed by atoms with Crippen LogP contribution in [0.5, 0.6) is 0 Å². The Morgan fingerprint density at radius 2 is 2.10 bits per heavy atom. The minimum atomic E-state index is -3.52. The van der Waals surface area contributed by atoms with Crippen LogP contribution in [0.2, 0.25) is 0 Å². The van der Waals surface area contributed by atoms with E-state index >= 15 is 0 Å². The van der Waals surface area contributed by atoms with E-state index in [0.717, 1.165) is 6.42 Å². The third kappa shape index (κ3) is 3.21. The Balaban J connectivity index is 2.32. The summed E-state index contributed by atoms with van der Waals surface area (Å²) in [5.74, 6) is 0. The molecule has 0 spiro atoms. The Kier molecular flexibility index (Phi) is 4.82. The molecular weight excluding hydrogens is 294 g/mol. The Labute approximate surface area is 124 Å². The number of sulfonamides is 1. The van der Waals surface area contributed by atoms with Gasteiger partial charge in [-0.05, 0) is 44.3 Å². The molecule has 4 N–H and O–H groups in total. The SMILES string of the molecule is CNS(=O)(=O)c1cc(N)ccc1NC1CCCC1SC. The molecule has 2 rings (SSSR count). The molecule has 0 bridgehead atoms. The lowest BCUT2D eigenvalue weighted by Crippen LogP contribution is -2.28. The fraction of sp³-hybridized carbons (Fsp3) is 0.538. The first kappa shape index (κ1) is 15.5. The van der Waals surface area contributed by atoms with E-state index in [9.17, 15) is 8.42 Å². The minimum absolute atomic E-state index is 0.215. The molecule has 0 radical (unpaired) electrons. The lowest BCUT2D eigenvalue weighted by molar-refractivity contribution is 0.588. The number of nitrogens with one attached hydrogen (secondary N) is 2. The first-order chi connectivity index (χ1) is 9.47. The molecule has 1 aliphatic carbocycles. The summed E-state index contributed by atoms with van der Waals surface area (Å²) in [6.07, 6.45) is 5.50. The third-order valence-electron chi connectivity index (χ3n) is 3.66. The van der Waals surface area contributed by atoms with Crippen molar-refractivity contribution in [2.45, 2.75) is 35.4 Å². The number of nitrogen functional groups attached to an aromatic ring is 1. The summed E-state index contributed by atoms with van der Waals surface area (Å²) in [5.41, 5.74) is 6.78. The van der Waals surface area contributed by atoms with Gasteiger partial charge in [-0.1, -0.05) is 6.42 Å². The second kappa shape index (κ2) is 6.24. The maximum Gasteiger partial charge on any atom is 0.242 e. The summed E-state index contributed by atoms with van der Waals surface area (Å²) in [7, 11) is -2.11. The van der Waals surface area contributed by atoms with Crippen molar-refractivity contribution in [3.63, 3.8) is 0 Å². The molecule has 1 aliphatic rings. The molecule has 1 saturated carbocycles. The van der Waals surface area contributed by atoms with Crippen molar-refractivity contribution in [2.75, 3.05) is 24.4 Å². The first-order valence-corrected chi connectivity index (χ1v) is 9.37. The lowest BCUT2D eigenvalue weighted by Gasteiger charge is -2.22. The molecule has 7 heteroatoms. The van der Waals surface area contributed by atoms with E-state index in [1.54, 1.807) is 12.1 Å². The van der Waals surface area contributed by atoms with Crippen LogP contribution in [-0.2, 0) is 10.0 Å². The largest absolute Gasteiger partial charge is 0.399 e. The highest BCUT2D eigenvalue weighted by atomic mass is 32.2. The summed E-state index contributed by atoms with van der Waals surface area (Å²) in [6, 6.07) is 5.27. The predicted molar refractivity (Wildman–Crippen MR) is 85.7 cm³/mol. The van der Waals surface area contributed by atoms with Gasteiger partial charge in [-0.3, -0.25) is 0 Å². The Bertz CT molecular complexity index is 575. The molecule has 1 fully saturated rings. The van der Waals surface area contributed by atoms with Crippen LogP contribution < -0.4 is 15.8 Å². The van der Waals surface area contributed by atoms with E-state index in [2.05, 4.69) is 16.3 Å². The van der Waals surface area contributed by atoms with Gasteiger partial charge >= 0.3 is 0 Å². The molecule has 1 aromatic rings. The predicted octanol–water partition coefficient (Wildman–Crippen LogP) is 1.87. The van der Waals surface area contributed by atoms with E-state index in [1.165, 1.54) is 26.0 Å². The standard InChI is InChI=1S/C13H21N3O2S2/c1-15-20(17,18)13-8-9(14)6-7-11(13)16-10-4-3-5-12(10)19-2/h6-8,10,12,15-16H,3-5,14H2,1-2H3. The van der Waals surface area contributed by atoms with Crippen molar-refractivity contribution in [1.82, 2.24) is 4.72 Å². The summed E-state index contributed by atoms with van der Waals surface area (Å²) >= 11 is 1.83. The van der Waals surface area contributed by atoms with Crippen LogP contribution in [-0.4, -0.2) is 33.0 Å². The fourth-order valence-corrected chi connectivity index (χ4v) is 4.43. The molecule has 0 aliphatic heterocycles. The van der Waals surface area contributed by atoms with Crippen molar-refractivity contribution in [1.29, 1.82) is 0 Å². The molecule has 0 saturated heterocycles. The average molecular weight is 315 g/mol. The van der Waals surface area contributed by atoms with Gasteiger partial charge in [0.1, 0.15) is 4.90 Å². The zero-order valence-corrected chi connectivity index (χ0v) is 13.4. The Hall–Kier alpha value is -0.920. The number of anilines is 2. The Morgan fingerprint density at radius 1 is 1.35 bits per heavy atom. The maximum atomic E-state index is 12.1. The third-order valence-corrected chi connectivity index (χ3v) is 6.28. The molecule has 0 amide bonds. The smallest absolute Gasteiger partial charge is 0.242 e. The summed E-state index contributed by atoms with van der Waals surface area (Å²) in [4.78, 5) is 0.215. The Morgan fingerprint density at radius 3 is 2.75 bits per heavy atom. The van der Waals surface area contributed by atoms with Crippen LogP contribution in [0.4, 0.5) is 11.4 Å². The van der Waals surface area contributed by atoms with Crippen LogP contribution in [0, 0.1) is 0 Å². The molecule has 0 heterocycles. The van der Waals surface area contributed by atoms with Crippen LogP contribution in [0.25, 0.3) is 0 Å². The average Bonchev–Trinajstić information content (AvgIpc) is 2.88. The van der Waals surface area contributed by atoms with Crippen molar-refractivity contribution in [2.24, 2.45) is 0 Å².